The summed E-state index contributed by atoms with van der Waals surface area (Å²) in [6, 6.07) is 0.284. The standard InChI is InChI=1S/C14H22N2OS/c1-3-7-15-13(14-6-4-5-8-17-14)9-12-10-18-11(2)16-12/h6,10,13,15H,3-5,7-9H2,1-2H3. The second kappa shape index (κ2) is 6.90. The Kier molecular flexibility index (Phi) is 5.20. The molecule has 0 radical (unpaired) electrons. The monoisotopic (exact) mass is 266 g/mol. The Morgan fingerprint density at radius 3 is 3.06 bits per heavy atom. The van der Waals surface area contributed by atoms with Gasteiger partial charge in [-0.1, -0.05) is 6.92 Å². The lowest BCUT2D eigenvalue weighted by molar-refractivity contribution is 0.167. The van der Waals surface area contributed by atoms with Crippen LogP contribution in [-0.2, 0) is 11.2 Å². The van der Waals surface area contributed by atoms with Crippen molar-refractivity contribution >= 4 is 11.3 Å². The number of nitrogens with one attached hydrogen (secondary N) is 1. The van der Waals surface area contributed by atoms with Gasteiger partial charge in [-0.25, -0.2) is 4.98 Å². The minimum absolute atomic E-state index is 0.284. The van der Waals surface area contributed by atoms with E-state index in [1.165, 1.54) is 5.69 Å². The first-order valence-electron chi connectivity index (χ1n) is 6.77. The van der Waals surface area contributed by atoms with Crippen LogP contribution in [0, 0.1) is 6.92 Å². The molecule has 1 aromatic rings. The fourth-order valence-corrected chi connectivity index (χ4v) is 2.75. The van der Waals surface area contributed by atoms with Gasteiger partial charge in [0.1, 0.15) is 5.76 Å². The van der Waals surface area contributed by atoms with Gasteiger partial charge in [0.25, 0.3) is 0 Å². The minimum atomic E-state index is 0.284. The average Bonchev–Trinajstić information content (AvgIpc) is 2.81. The number of thiazole rings is 1. The normalized spacial score (nSPS) is 17.1. The van der Waals surface area contributed by atoms with E-state index in [1.54, 1.807) is 11.3 Å². The molecule has 2 rings (SSSR count). The number of rotatable bonds is 6. The maximum atomic E-state index is 5.79. The molecule has 0 bridgehead atoms. The van der Waals surface area contributed by atoms with Crippen molar-refractivity contribution in [2.24, 2.45) is 0 Å². The highest BCUT2D eigenvalue weighted by atomic mass is 32.1. The maximum absolute atomic E-state index is 5.79. The lowest BCUT2D eigenvalue weighted by atomic mass is 10.1. The molecular weight excluding hydrogens is 244 g/mol. The van der Waals surface area contributed by atoms with Crippen LogP contribution in [0.5, 0.6) is 0 Å². The zero-order chi connectivity index (χ0) is 12.8. The van der Waals surface area contributed by atoms with Crippen molar-refractivity contribution in [1.82, 2.24) is 10.3 Å². The summed E-state index contributed by atoms with van der Waals surface area (Å²) in [5, 5.41) is 6.86. The quantitative estimate of drug-likeness (QED) is 0.859. The van der Waals surface area contributed by atoms with Gasteiger partial charge in [0, 0.05) is 11.8 Å². The molecule has 3 nitrogen and oxygen atoms in total. The highest BCUT2D eigenvalue weighted by Gasteiger charge is 2.18. The third-order valence-electron chi connectivity index (χ3n) is 3.03. The summed E-state index contributed by atoms with van der Waals surface area (Å²) in [6.45, 7) is 6.12. The Hall–Kier alpha value is -0.870. The van der Waals surface area contributed by atoms with E-state index < -0.39 is 0 Å². The van der Waals surface area contributed by atoms with E-state index in [9.17, 15) is 0 Å². The predicted molar refractivity (Wildman–Crippen MR) is 75.9 cm³/mol. The van der Waals surface area contributed by atoms with Crippen molar-refractivity contribution in [3.8, 4) is 0 Å². The Morgan fingerprint density at radius 1 is 1.56 bits per heavy atom. The number of nitrogens with zero attached hydrogens (tertiary/aromatic N) is 1. The summed E-state index contributed by atoms with van der Waals surface area (Å²) in [5.41, 5.74) is 1.17. The van der Waals surface area contributed by atoms with Crippen LogP contribution in [-0.4, -0.2) is 24.2 Å². The van der Waals surface area contributed by atoms with Gasteiger partial charge in [0.15, 0.2) is 0 Å². The van der Waals surface area contributed by atoms with Crippen molar-refractivity contribution in [3.63, 3.8) is 0 Å². The Balaban J connectivity index is 2.02. The highest BCUT2D eigenvalue weighted by Crippen LogP contribution is 2.18. The SMILES string of the molecule is CCCNC(Cc1csc(C)n1)C1=CCCCO1. The van der Waals surface area contributed by atoms with Crippen molar-refractivity contribution in [2.45, 2.75) is 45.6 Å². The average molecular weight is 266 g/mol. The Labute approximate surface area is 113 Å². The van der Waals surface area contributed by atoms with Crippen molar-refractivity contribution in [3.05, 3.63) is 27.9 Å². The largest absolute Gasteiger partial charge is 0.497 e. The summed E-state index contributed by atoms with van der Waals surface area (Å²) in [5.74, 6) is 1.11. The molecule has 0 fully saturated rings. The Bertz CT molecular complexity index is 400. The summed E-state index contributed by atoms with van der Waals surface area (Å²) >= 11 is 1.72. The molecule has 0 saturated heterocycles. The maximum Gasteiger partial charge on any atom is 0.109 e. The van der Waals surface area contributed by atoms with Crippen LogP contribution in [0.15, 0.2) is 17.2 Å². The minimum Gasteiger partial charge on any atom is -0.497 e. The van der Waals surface area contributed by atoms with Gasteiger partial charge < -0.3 is 10.1 Å². The molecule has 1 aliphatic rings. The lowest BCUT2D eigenvalue weighted by Crippen LogP contribution is -2.35. The summed E-state index contributed by atoms with van der Waals surface area (Å²) in [4.78, 5) is 4.55. The van der Waals surface area contributed by atoms with Gasteiger partial charge in [-0.15, -0.1) is 11.3 Å². The first kappa shape index (κ1) is 13.6. The molecule has 0 amide bonds. The zero-order valence-corrected chi connectivity index (χ0v) is 12.1. The molecule has 1 unspecified atom stereocenters. The van der Waals surface area contributed by atoms with Crippen LogP contribution in [0.1, 0.15) is 36.9 Å². The molecular formula is C14H22N2OS. The summed E-state index contributed by atoms with van der Waals surface area (Å²) < 4.78 is 5.79. The molecule has 1 atom stereocenters. The fourth-order valence-electron chi connectivity index (χ4n) is 2.12. The van der Waals surface area contributed by atoms with E-state index >= 15 is 0 Å². The number of aromatic nitrogens is 1. The van der Waals surface area contributed by atoms with E-state index in [1.807, 2.05) is 0 Å². The van der Waals surface area contributed by atoms with Gasteiger partial charge in [0.05, 0.1) is 23.4 Å². The topological polar surface area (TPSA) is 34.2 Å². The predicted octanol–water partition coefficient (Wildman–Crippen LogP) is 3.06. The first-order valence-corrected chi connectivity index (χ1v) is 7.64. The van der Waals surface area contributed by atoms with E-state index in [2.05, 4.69) is 35.6 Å². The molecule has 0 spiro atoms. The molecule has 1 aliphatic heterocycles. The first-order chi connectivity index (χ1) is 8.79. The lowest BCUT2D eigenvalue weighted by Gasteiger charge is -2.24. The van der Waals surface area contributed by atoms with E-state index in [0.29, 0.717) is 0 Å². The number of aryl methyl sites for hydroxylation is 1. The molecule has 0 saturated carbocycles. The van der Waals surface area contributed by atoms with E-state index in [4.69, 9.17) is 4.74 Å². The Morgan fingerprint density at radius 2 is 2.44 bits per heavy atom. The smallest absolute Gasteiger partial charge is 0.109 e. The number of hydrogen-bond acceptors (Lipinski definition) is 4. The van der Waals surface area contributed by atoms with Gasteiger partial charge >= 0.3 is 0 Å². The summed E-state index contributed by atoms with van der Waals surface area (Å²) in [7, 11) is 0. The second-order valence-electron chi connectivity index (χ2n) is 4.67. The second-order valence-corrected chi connectivity index (χ2v) is 5.73. The van der Waals surface area contributed by atoms with Crippen LogP contribution >= 0.6 is 11.3 Å². The van der Waals surface area contributed by atoms with Crippen molar-refractivity contribution in [1.29, 1.82) is 0 Å². The van der Waals surface area contributed by atoms with E-state index in [-0.39, 0.29) is 6.04 Å². The van der Waals surface area contributed by atoms with Gasteiger partial charge in [-0.05, 0) is 38.8 Å². The third-order valence-corrected chi connectivity index (χ3v) is 3.85. The van der Waals surface area contributed by atoms with Crippen LogP contribution in [0.25, 0.3) is 0 Å². The van der Waals surface area contributed by atoms with Crippen LogP contribution < -0.4 is 5.32 Å². The zero-order valence-electron chi connectivity index (χ0n) is 11.2. The summed E-state index contributed by atoms with van der Waals surface area (Å²) in [6.07, 6.45) is 6.57. The molecule has 1 N–H and O–H groups in total. The molecule has 18 heavy (non-hydrogen) atoms. The number of ether oxygens (including phenoxy) is 1. The van der Waals surface area contributed by atoms with Gasteiger partial charge in [0.2, 0.25) is 0 Å². The highest BCUT2D eigenvalue weighted by molar-refractivity contribution is 7.09. The van der Waals surface area contributed by atoms with Gasteiger partial charge in [-0.2, -0.15) is 0 Å². The third kappa shape index (κ3) is 3.82. The number of allylic oxidation sites excluding steroid dienone is 1. The molecule has 0 aromatic carbocycles. The number of hydrogen-bond donors (Lipinski definition) is 1. The van der Waals surface area contributed by atoms with Crippen molar-refractivity contribution in [2.75, 3.05) is 13.2 Å². The van der Waals surface area contributed by atoms with E-state index in [0.717, 1.165) is 49.6 Å². The fraction of sp³-hybridized carbons (Fsp3) is 0.643. The van der Waals surface area contributed by atoms with Crippen LogP contribution in [0.4, 0.5) is 0 Å². The molecule has 0 aliphatic carbocycles. The molecule has 4 heteroatoms. The molecule has 2 heterocycles. The molecule has 1 aromatic heterocycles. The van der Waals surface area contributed by atoms with Crippen LogP contribution in [0.3, 0.4) is 0 Å². The van der Waals surface area contributed by atoms with Crippen LogP contribution in [0.2, 0.25) is 0 Å². The van der Waals surface area contributed by atoms with Crippen molar-refractivity contribution < 1.29 is 4.74 Å². The molecule has 100 valence electrons. The van der Waals surface area contributed by atoms with Gasteiger partial charge in [-0.3, -0.25) is 0 Å².